The molecule has 1 aliphatic carbocycles. The first-order valence-electron chi connectivity index (χ1n) is 6.48. The van der Waals surface area contributed by atoms with E-state index in [-0.39, 0.29) is 0 Å². The van der Waals surface area contributed by atoms with E-state index in [1.165, 1.54) is 32.1 Å². The highest BCUT2D eigenvalue weighted by Crippen LogP contribution is 2.04. The summed E-state index contributed by atoms with van der Waals surface area (Å²) in [6.45, 7) is 0. The van der Waals surface area contributed by atoms with Crippen LogP contribution in [-0.2, 0) is 0 Å². The summed E-state index contributed by atoms with van der Waals surface area (Å²) >= 11 is 0. The SMILES string of the molecule is C1=CCCCCC/C=C/C=C/C=C\C=C\C=C\1. The van der Waals surface area contributed by atoms with Gasteiger partial charge >= 0.3 is 0 Å². The molecule has 0 fully saturated rings. The predicted molar refractivity (Wildman–Crippen MR) is 77.9 cm³/mol. The quantitative estimate of drug-likeness (QED) is 0.526. The Bertz CT molecular complexity index is 301. The summed E-state index contributed by atoms with van der Waals surface area (Å²) in [6, 6.07) is 0. The maximum atomic E-state index is 2.25. The van der Waals surface area contributed by atoms with Crippen LogP contribution in [0.1, 0.15) is 32.1 Å². The molecule has 17 heavy (non-hydrogen) atoms. The second kappa shape index (κ2) is 10.9. The van der Waals surface area contributed by atoms with Crippen LogP contribution >= 0.6 is 0 Å². The molecule has 0 heteroatoms. The molecule has 0 N–H and O–H groups in total. The Kier molecular flexibility index (Phi) is 8.69. The highest BCUT2D eigenvalue weighted by atomic mass is 13.9. The summed E-state index contributed by atoms with van der Waals surface area (Å²) in [5, 5.41) is 0. The fourth-order valence-corrected chi connectivity index (χ4v) is 1.56. The largest absolute Gasteiger partial charge is 0.0845 e. The van der Waals surface area contributed by atoms with Gasteiger partial charge in [0.25, 0.3) is 0 Å². The van der Waals surface area contributed by atoms with Gasteiger partial charge in [0.2, 0.25) is 0 Å². The van der Waals surface area contributed by atoms with Crippen LogP contribution < -0.4 is 0 Å². The Labute approximate surface area is 105 Å². The molecule has 0 spiro atoms. The summed E-state index contributed by atoms with van der Waals surface area (Å²) in [5.74, 6) is 0. The molecule has 1 aliphatic rings. The molecular weight excluding hydrogens is 204 g/mol. The molecule has 0 aliphatic heterocycles. The Balaban J connectivity index is 2.45. The van der Waals surface area contributed by atoms with Crippen molar-refractivity contribution in [2.75, 3.05) is 0 Å². The molecule has 0 aromatic rings. The van der Waals surface area contributed by atoms with E-state index in [4.69, 9.17) is 0 Å². The van der Waals surface area contributed by atoms with Gasteiger partial charge in [0.1, 0.15) is 0 Å². The van der Waals surface area contributed by atoms with Crippen LogP contribution in [0.25, 0.3) is 0 Å². The number of hydrogen-bond donors (Lipinski definition) is 0. The van der Waals surface area contributed by atoms with Crippen LogP contribution in [0.3, 0.4) is 0 Å². The minimum Gasteiger partial charge on any atom is -0.0845 e. The molecule has 90 valence electrons. The van der Waals surface area contributed by atoms with E-state index in [2.05, 4.69) is 48.6 Å². The van der Waals surface area contributed by atoms with Crippen LogP contribution in [0.5, 0.6) is 0 Å². The van der Waals surface area contributed by atoms with Gasteiger partial charge in [-0.05, 0) is 25.7 Å². The number of rotatable bonds is 0. The lowest BCUT2D eigenvalue weighted by molar-refractivity contribution is 0.696. The Hall–Kier alpha value is -1.56. The van der Waals surface area contributed by atoms with Crippen molar-refractivity contribution in [1.29, 1.82) is 0 Å². The van der Waals surface area contributed by atoms with Crippen molar-refractivity contribution in [2.45, 2.75) is 32.1 Å². The Morgan fingerprint density at radius 2 is 0.706 bits per heavy atom. The molecule has 0 saturated carbocycles. The molecule has 0 radical (unpaired) electrons. The van der Waals surface area contributed by atoms with E-state index in [1.54, 1.807) is 0 Å². The predicted octanol–water partition coefficient (Wildman–Crippen LogP) is 5.29. The fraction of sp³-hybridized carbons (Fsp3) is 0.294. The van der Waals surface area contributed by atoms with Crippen molar-refractivity contribution < 1.29 is 0 Å². The van der Waals surface area contributed by atoms with Crippen molar-refractivity contribution in [1.82, 2.24) is 0 Å². The zero-order valence-electron chi connectivity index (χ0n) is 10.5. The van der Waals surface area contributed by atoms with Crippen molar-refractivity contribution in [3.8, 4) is 0 Å². The van der Waals surface area contributed by atoms with E-state index >= 15 is 0 Å². The average molecular weight is 226 g/mol. The lowest BCUT2D eigenvalue weighted by Crippen LogP contribution is -1.74. The van der Waals surface area contributed by atoms with E-state index < -0.39 is 0 Å². The molecule has 0 amide bonds. The third-order valence-electron chi connectivity index (χ3n) is 2.51. The molecule has 0 bridgehead atoms. The van der Waals surface area contributed by atoms with Crippen molar-refractivity contribution >= 4 is 0 Å². The molecule has 0 atom stereocenters. The second-order valence-electron chi connectivity index (χ2n) is 4.03. The third-order valence-corrected chi connectivity index (χ3v) is 2.51. The van der Waals surface area contributed by atoms with Crippen LogP contribution in [0.4, 0.5) is 0 Å². The van der Waals surface area contributed by atoms with Gasteiger partial charge in [0.05, 0.1) is 0 Å². The van der Waals surface area contributed by atoms with Gasteiger partial charge in [0, 0.05) is 0 Å². The van der Waals surface area contributed by atoms with E-state index in [0.29, 0.717) is 0 Å². The maximum absolute atomic E-state index is 2.25. The van der Waals surface area contributed by atoms with Gasteiger partial charge in [-0.2, -0.15) is 0 Å². The van der Waals surface area contributed by atoms with Crippen molar-refractivity contribution in [3.63, 3.8) is 0 Å². The smallest absolute Gasteiger partial charge is 0.0348 e. The summed E-state index contributed by atoms with van der Waals surface area (Å²) in [7, 11) is 0. The molecule has 1 rings (SSSR count). The van der Waals surface area contributed by atoms with E-state index in [1.807, 2.05) is 24.3 Å². The lowest BCUT2D eigenvalue weighted by Gasteiger charge is -1.94. The monoisotopic (exact) mass is 226 g/mol. The minimum absolute atomic E-state index is 1.19. The van der Waals surface area contributed by atoms with Crippen LogP contribution in [0, 0.1) is 0 Å². The number of allylic oxidation sites excluding steroid dienone is 12. The van der Waals surface area contributed by atoms with Crippen LogP contribution in [-0.4, -0.2) is 0 Å². The summed E-state index contributed by atoms with van der Waals surface area (Å²) in [4.78, 5) is 0. The highest BCUT2D eigenvalue weighted by Gasteiger charge is 1.84. The topological polar surface area (TPSA) is 0 Å². The van der Waals surface area contributed by atoms with Crippen molar-refractivity contribution in [2.24, 2.45) is 0 Å². The summed E-state index contributed by atoms with van der Waals surface area (Å²) < 4.78 is 0. The third kappa shape index (κ3) is 9.37. The molecule has 0 unspecified atom stereocenters. The van der Waals surface area contributed by atoms with Crippen LogP contribution in [0.15, 0.2) is 72.9 Å². The molecule has 0 aromatic heterocycles. The van der Waals surface area contributed by atoms with Gasteiger partial charge in [0.15, 0.2) is 0 Å². The fourth-order valence-electron chi connectivity index (χ4n) is 1.56. The van der Waals surface area contributed by atoms with Gasteiger partial charge < -0.3 is 0 Å². The van der Waals surface area contributed by atoms with Crippen LogP contribution in [0.2, 0.25) is 0 Å². The minimum atomic E-state index is 1.19. The standard InChI is InChI=1S/C17H22/c1-2-4-6-8-10-12-14-16-17-15-13-11-9-7-5-3-1/h1-12H,13-17H2/b3-1-,4-2+,7-5+,8-6+,11-9+,12-10?. The van der Waals surface area contributed by atoms with Gasteiger partial charge in [-0.3, -0.25) is 0 Å². The van der Waals surface area contributed by atoms with Gasteiger partial charge in [-0.25, -0.2) is 0 Å². The molecule has 0 heterocycles. The molecular formula is C17H22. The first-order valence-corrected chi connectivity index (χ1v) is 6.48. The Morgan fingerprint density at radius 1 is 0.353 bits per heavy atom. The van der Waals surface area contributed by atoms with Crippen molar-refractivity contribution in [3.05, 3.63) is 72.9 Å². The normalized spacial score (nSPS) is 27.8. The van der Waals surface area contributed by atoms with Gasteiger partial charge in [-0.15, -0.1) is 0 Å². The van der Waals surface area contributed by atoms with E-state index in [9.17, 15) is 0 Å². The molecule has 0 aromatic carbocycles. The second-order valence-corrected chi connectivity index (χ2v) is 4.03. The number of hydrogen-bond acceptors (Lipinski definition) is 0. The molecule has 0 nitrogen and oxygen atoms in total. The summed E-state index contributed by atoms with van der Waals surface area (Å²) in [5.41, 5.74) is 0. The molecule has 0 saturated heterocycles. The zero-order valence-corrected chi connectivity index (χ0v) is 10.5. The summed E-state index contributed by atoms with van der Waals surface area (Å²) in [6.07, 6.45) is 31.5. The highest BCUT2D eigenvalue weighted by molar-refractivity contribution is 5.19. The first-order chi connectivity index (χ1) is 8.50. The lowest BCUT2D eigenvalue weighted by atomic mass is 10.1. The average Bonchev–Trinajstić information content (AvgIpc) is 2.35. The van der Waals surface area contributed by atoms with E-state index in [0.717, 1.165) is 0 Å². The maximum Gasteiger partial charge on any atom is -0.0348 e. The Morgan fingerprint density at radius 3 is 1.12 bits per heavy atom. The van der Waals surface area contributed by atoms with Gasteiger partial charge in [-0.1, -0.05) is 79.3 Å². The zero-order chi connectivity index (χ0) is 12.0. The first kappa shape index (κ1) is 13.5.